The van der Waals surface area contributed by atoms with E-state index in [-0.39, 0.29) is 18.5 Å². The molecule has 1 aliphatic rings. The second-order valence-corrected chi connectivity index (χ2v) is 6.10. The summed E-state index contributed by atoms with van der Waals surface area (Å²) < 4.78 is 10.8. The first kappa shape index (κ1) is 19.1. The molecule has 0 saturated carbocycles. The van der Waals surface area contributed by atoms with Gasteiger partial charge in [-0.05, 0) is 50.9 Å². The molecule has 2 N–H and O–H groups in total. The van der Waals surface area contributed by atoms with Crippen LogP contribution in [-0.2, 0) is 9.59 Å². The second kappa shape index (κ2) is 8.71. The fourth-order valence-electron chi connectivity index (χ4n) is 3.08. The summed E-state index contributed by atoms with van der Waals surface area (Å²) in [7, 11) is 1.57. The highest BCUT2D eigenvalue weighted by Gasteiger charge is 2.31. The number of benzene rings is 1. The second-order valence-electron chi connectivity index (χ2n) is 6.10. The van der Waals surface area contributed by atoms with Crippen LogP contribution in [0.4, 0.5) is 0 Å². The SMILES string of the molecule is CCOc1ccc(C(C)NC(=O)CN2CCCC2C(=O)O)cc1OC. The minimum absolute atomic E-state index is 0.0927. The lowest BCUT2D eigenvalue weighted by Gasteiger charge is -2.22. The fraction of sp³-hybridized carbons (Fsp3) is 0.556. The molecule has 0 aliphatic carbocycles. The largest absolute Gasteiger partial charge is 0.493 e. The van der Waals surface area contributed by atoms with Crippen molar-refractivity contribution in [2.45, 2.75) is 38.8 Å². The zero-order valence-electron chi connectivity index (χ0n) is 14.9. The van der Waals surface area contributed by atoms with E-state index in [9.17, 15) is 14.7 Å². The fourth-order valence-corrected chi connectivity index (χ4v) is 3.08. The highest BCUT2D eigenvalue weighted by Crippen LogP contribution is 2.30. The number of aliphatic carboxylic acids is 1. The molecule has 1 heterocycles. The normalized spacial score (nSPS) is 18.6. The lowest BCUT2D eigenvalue weighted by molar-refractivity contribution is -0.142. The third-order valence-corrected chi connectivity index (χ3v) is 4.36. The van der Waals surface area contributed by atoms with Gasteiger partial charge in [-0.3, -0.25) is 14.5 Å². The topological polar surface area (TPSA) is 88.1 Å². The van der Waals surface area contributed by atoms with Gasteiger partial charge in [-0.1, -0.05) is 6.07 Å². The van der Waals surface area contributed by atoms with Crippen molar-refractivity contribution >= 4 is 11.9 Å². The van der Waals surface area contributed by atoms with Gasteiger partial charge in [-0.25, -0.2) is 0 Å². The molecule has 7 heteroatoms. The maximum Gasteiger partial charge on any atom is 0.320 e. The molecule has 25 heavy (non-hydrogen) atoms. The Morgan fingerprint density at radius 2 is 2.16 bits per heavy atom. The highest BCUT2D eigenvalue weighted by molar-refractivity contribution is 5.80. The lowest BCUT2D eigenvalue weighted by Crippen LogP contribution is -2.43. The van der Waals surface area contributed by atoms with Gasteiger partial charge >= 0.3 is 5.97 Å². The van der Waals surface area contributed by atoms with Crippen molar-refractivity contribution in [3.8, 4) is 11.5 Å². The quantitative estimate of drug-likeness (QED) is 0.744. The van der Waals surface area contributed by atoms with Gasteiger partial charge in [0.05, 0.1) is 26.3 Å². The van der Waals surface area contributed by atoms with Gasteiger partial charge in [-0.2, -0.15) is 0 Å². The van der Waals surface area contributed by atoms with E-state index in [1.165, 1.54) is 0 Å². The molecule has 1 saturated heterocycles. The molecule has 2 atom stereocenters. The summed E-state index contributed by atoms with van der Waals surface area (Å²) in [4.78, 5) is 25.2. The average Bonchev–Trinajstić information content (AvgIpc) is 3.03. The van der Waals surface area contributed by atoms with Crippen molar-refractivity contribution in [1.82, 2.24) is 10.2 Å². The number of carboxylic acids is 1. The van der Waals surface area contributed by atoms with Gasteiger partial charge in [0.1, 0.15) is 6.04 Å². The number of hydrogen-bond acceptors (Lipinski definition) is 5. The van der Waals surface area contributed by atoms with E-state index in [1.54, 1.807) is 12.0 Å². The van der Waals surface area contributed by atoms with Crippen LogP contribution in [0.25, 0.3) is 0 Å². The minimum atomic E-state index is -0.866. The molecule has 1 amide bonds. The zero-order chi connectivity index (χ0) is 18.4. The van der Waals surface area contributed by atoms with Crippen LogP contribution < -0.4 is 14.8 Å². The summed E-state index contributed by atoms with van der Waals surface area (Å²) in [5.41, 5.74) is 0.893. The first-order valence-electron chi connectivity index (χ1n) is 8.53. The highest BCUT2D eigenvalue weighted by atomic mass is 16.5. The monoisotopic (exact) mass is 350 g/mol. The Morgan fingerprint density at radius 1 is 1.40 bits per heavy atom. The maximum atomic E-state index is 12.3. The van der Waals surface area contributed by atoms with E-state index in [0.717, 1.165) is 12.0 Å². The minimum Gasteiger partial charge on any atom is -0.493 e. The maximum absolute atomic E-state index is 12.3. The molecule has 2 rings (SSSR count). The number of carboxylic acid groups (broad SMARTS) is 1. The molecule has 0 spiro atoms. The van der Waals surface area contributed by atoms with Gasteiger partial charge in [0.25, 0.3) is 0 Å². The smallest absolute Gasteiger partial charge is 0.320 e. The Morgan fingerprint density at radius 3 is 2.80 bits per heavy atom. The molecule has 1 aliphatic heterocycles. The molecule has 7 nitrogen and oxygen atoms in total. The van der Waals surface area contributed by atoms with Crippen molar-refractivity contribution in [3.05, 3.63) is 23.8 Å². The Bertz CT molecular complexity index is 619. The molecule has 1 aromatic carbocycles. The molecule has 2 unspecified atom stereocenters. The average molecular weight is 350 g/mol. The summed E-state index contributed by atoms with van der Waals surface area (Å²) in [6, 6.07) is 4.76. The van der Waals surface area contributed by atoms with Crippen molar-refractivity contribution in [2.75, 3.05) is 26.8 Å². The summed E-state index contributed by atoms with van der Waals surface area (Å²) >= 11 is 0. The summed E-state index contributed by atoms with van der Waals surface area (Å²) in [5.74, 6) is 0.225. The first-order valence-corrected chi connectivity index (χ1v) is 8.53. The molecule has 0 aromatic heterocycles. The lowest BCUT2D eigenvalue weighted by atomic mass is 10.1. The molecule has 138 valence electrons. The van der Waals surface area contributed by atoms with Crippen LogP contribution in [-0.4, -0.2) is 54.7 Å². The standard InChI is InChI=1S/C18H26N2O5/c1-4-25-15-8-7-13(10-16(15)24-3)12(2)19-17(21)11-20-9-5-6-14(20)18(22)23/h7-8,10,12,14H,4-6,9,11H2,1-3H3,(H,19,21)(H,22,23). The molecular formula is C18H26N2O5. The number of nitrogens with one attached hydrogen (secondary N) is 1. The number of amides is 1. The Hall–Kier alpha value is -2.28. The van der Waals surface area contributed by atoms with Crippen LogP contribution >= 0.6 is 0 Å². The predicted molar refractivity (Wildman–Crippen MR) is 93.0 cm³/mol. The van der Waals surface area contributed by atoms with Gasteiger partial charge in [0.2, 0.25) is 5.91 Å². The van der Waals surface area contributed by atoms with Crippen molar-refractivity contribution in [2.24, 2.45) is 0 Å². The van der Waals surface area contributed by atoms with Crippen LogP contribution in [0.5, 0.6) is 11.5 Å². The first-order chi connectivity index (χ1) is 12.0. The Labute approximate surface area is 147 Å². The molecule has 1 fully saturated rings. The predicted octanol–water partition coefficient (Wildman–Crippen LogP) is 1.82. The third kappa shape index (κ3) is 4.85. The molecule has 0 bridgehead atoms. The third-order valence-electron chi connectivity index (χ3n) is 4.36. The van der Waals surface area contributed by atoms with Crippen LogP contribution in [0.2, 0.25) is 0 Å². The molecular weight excluding hydrogens is 324 g/mol. The van der Waals surface area contributed by atoms with E-state index >= 15 is 0 Å². The van der Waals surface area contributed by atoms with Gasteiger partial charge in [-0.15, -0.1) is 0 Å². The van der Waals surface area contributed by atoms with Crippen LogP contribution in [0.3, 0.4) is 0 Å². The number of rotatable bonds is 8. The number of hydrogen-bond donors (Lipinski definition) is 2. The molecule has 1 aromatic rings. The summed E-state index contributed by atoms with van der Waals surface area (Å²) in [6.45, 7) is 5.05. The number of nitrogens with zero attached hydrogens (tertiary/aromatic N) is 1. The van der Waals surface area contributed by atoms with E-state index in [0.29, 0.717) is 31.1 Å². The van der Waals surface area contributed by atoms with E-state index in [4.69, 9.17) is 9.47 Å². The van der Waals surface area contributed by atoms with Gasteiger partial charge in [0.15, 0.2) is 11.5 Å². The number of ether oxygens (including phenoxy) is 2. The number of carbonyl (C=O) groups is 2. The Balaban J connectivity index is 1.98. The zero-order valence-corrected chi connectivity index (χ0v) is 14.9. The van der Waals surface area contributed by atoms with Gasteiger partial charge < -0.3 is 19.9 Å². The van der Waals surface area contributed by atoms with Crippen LogP contribution in [0.15, 0.2) is 18.2 Å². The number of likely N-dealkylation sites (tertiary alicyclic amines) is 1. The number of methoxy groups -OCH3 is 1. The van der Waals surface area contributed by atoms with Crippen molar-refractivity contribution < 1.29 is 24.2 Å². The summed E-state index contributed by atoms with van der Waals surface area (Å²) in [6.07, 6.45) is 1.39. The van der Waals surface area contributed by atoms with Crippen LogP contribution in [0, 0.1) is 0 Å². The van der Waals surface area contributed by atoms with Gasteiger partial charge in [0, 0.05) is 0 Å². The van der Waals surface area contributed by atoms with Crippen LogP contribution in [0.1, 0.15) is 38.3 Å². The number of carbonyl (C=O) groups excluding carboxylic acids is 1. The molecule has 0 radical (unpaired) electrons. The van der Waals surface area contributed by atoms with Crippen molar-refractivity contribution in [1.29, 1.82) is 0 Å². The van der Waals surface area contributed by atoms with Crippen molar-refractivity contribution in [3.63, 3.8) is 0 Å². The van der Waals surface area contributed by atoms with E-state index < -0.39 is 12.0 Å². The van der Waals surface area contributed by atoms with E-state index in [2.05, 4.69) is 5.32 Å². The Kier molecular flexibility index (Phi) is 6.64. The van der Waals surface area contributed by atoms with E-state index in [1.807, 2.05) is 32.0 Å². The summed E-state index contributed by atoms with van der Waals surface area (Å²) in [5, 5.41) is 12.1.